The molecule has 0 atom stereocenters. The molecule has 5 aromatic rings. The molecular weight excluding hydrogens is 492 g/mol. The van der Waals surface area contributed by atoms with Crippen LogP contribution in [0.2, 0.25) is 0 Å². The average molecular weight is 525 g/mol. The van der Waals surface area contributed by atoms with Gasteiger partial charge in [0.05, 0.1) is 20.5 Å². The van der Waals surface area contributed by atoms with Gasteiger partial charge in [-0.25, -0.2) is 9.97 Å². The second-order valence-corrected chi connectivity index (χ2v) is 9.70. The molecule has 0 spiro atoms. The van der Waals surface area contributed by atoms with Crippen molar-refractivity contribution in [2.24, 2.45) is 0 Å². The van der Waals surface area contributed by atoms with E-state index in [0.717, 1.165) is 55.7 Å². The average Bonchev–Trinajstić information content (AvgIpc) is 3.67. The fourth-order valence-electron chi connectivity index (χ4n) is 5.14. The molecule has 4 heterocycles. The Kier molecular flexibility index (Phi) is 7.14. The topological polar surface area (TPSA) is 90.0 Å². The summed E-state index contributed by atoms with van der Waals surface area (Å²) < 4.78 is 18.2. The van der Waals surface area contributed by atoms with E-state index >= 15 is 0 Å². The Morgan fingerprint density at radius 2 is 1.87 bits per heavy atom. The Morgan fingerprint density at radius 1 is 1.00 bits per heavy atom. The minimum absolute atomic E-state index is 0.536. The van der Waals surface area contributed by atoms with E-state index in [9.17, 15) is 0 Å². The quantitative estimate of drug-likeness (QED) is 0.273. The summed E-state index contributed by atoms with van der Waals surface area (Å²) in [7, 11) is 3.26. The zero-order valence-electron chi connectivity index (χ0n) is 22.3. The number of furan rings is 1. The number of fused-ring (bicyclic) bond motifs is 2. The first kappa shape index (κ1) is 24.9. The monoisotopic (exact) mass is 524 g/mol. The number of hydrogen-bond donors (Lipinski definition) is 1. The van der Waals surface area contributed by atoms with E-state index in [2.05, 4.69) is 34.5 Å². The van der Waals surface area contributed by atoms with Crippen molar-refractivity contribution in [1.29, 1.82) is 0 Å². The van der Waals surface area contributed by atoms with E-state index < -0.39 is 0 Å². The third kappa shape index (κ3) is 5.31. The van der Waals surface area contributed by atoms with Gasteiger partial charge in [0.1, 0.15) is 0 Å². The smallest absolute Gasteiger partial charge is 0.226 e. The number of nitrogens with zero attached hydrogens (tertiary/aromatic N) is 5. The molecule has 0 saturated carbocycles. The number of anilines is 1. The Morgan fingerprint density at radius 3 is 2.69 bits per heavy atom. The molecule has 9 nitrogen and oxygen atoms in total. The number of methoxy groups -OCH3 is 2. The molecule has 9 heteroatoms. The van der Waals surface area contributed by atoms with Crippen molar-refractivity contribution in [2.75, 3.05) is 32.6 Å². The molecule has 0 radical (unpaired) electrons. The van der Waals surface area contributed by atoms with Crippen molar-refractivity contribution in [3.63, 3.8) is 0 Å². The summed E-state index contributed by atoms with van der Waals surface area (Å²) in [5, 5.41) is 8.15. The zero-order chi connectivity index (χ0) is 26.6. The lowest BCUT2D eigenvalue weighted by atomic mass is 9.99. The molecule has 200 valence electrons. The minimum Gasteiger partial charge on any atom is -0.493 e. The molecule has 0 unspecified atom stereocenters. The normalized spacial score (nSPS) is 13.4. The summed E-state index contributed by atoms with van der Waals surface area (Å²) >= 11 is 0. The number of nitrogens with one attached hydrogen (secondary N) is 1. The molecule has 0 amide bonds. The first-order valence-corrected chi connectivity index (χ1v) is 13.2. The lowest BCUT2D eigenvalue weighted by Gasteiger charge is -2.28. The SMILES string of the molecule is COc1ccc(CNc2ncc(CCCN3CCc4ccccc4C3)c3nc(-c4ccco4)nn23)cc1OC. The molecule has 6 rings (SSSR count). The molecule has 0 fully saturated rings. The Hall–Kier alpha value is -4.37. The van der Waals surface area contributed by atoms with Crippen molar-refractivity contribution in [2.45, 2.75) is 32.4 Å². The van der Waals surface area contributed by atoms with Gasteiger partial charge in [-0.15, -0.1) is 5.10 Å². The minimum atomic E-state index is 0.536. The fraction of sp³-hybridized carbons (Fsp3) is 0.300. The first-order valence-electron chi connectivity index (χ1n) is 13.2. The van der Waals surface area contributed by atoms with Gasteiger partial charge in [0.2, 0.25) is 11.8 Å². The third-order valence-corrected chi connectivity index (χ3v) is 7.21. The fourth-order valence-corrected chi connectivity index (χ4v) is 5.14. The van der Waals surface area contributed by atoms with Crippen LogP contribution in [-0.4, -0.2) is 51.8 Å². The summed E-state index contributed by atoms with van der Waals surface area (Å²) in [5.41, 5.74) is 5.80. The summed E-state index contributed by atoms with van der Waals surface area (Å²) in [6.45, 7) is 3.67. The van der Waals surface area contributed by atoms with Gasteiger partial charge < -0.3 is 19.2 Å². The Bertz CT molecular complexity index is 1560. The molecule has 0 saturated heterocycles. The van der Waals surface area contributed by atoms with Gasteiger partial charge in [0.25, 0.3) is 0 Å². The van der Waals surface area contributed by atoms with Crippen LogP contribution < -0.4 is 14.8 Å². The van der Waals surface area contributed by atoms with Crippen LogP contribution in [0, 0.1) is 0 Å². The second-order valence-electron chi connectivity index (χ2n) is 9.70. The lowest BCUT2D eigenvalue weighted by molar-refractivity contribution is 0.251. The van der Waals surface area contributed by atoms with Gasteiger partial charge >= 0.3 is 0 Å². The molecule has 2 aromatic carbocycles. The summed E-state index contributed by atoms with van der Waals surface area (Å²) in [6.07, 6.45) is 6.53. The molecule has 1 aliphatic rings. The van der Waals surface area contributed by atoms with Crippen LogP contribution in [0.3, 0.4) is 0 Å². The van der Waals surface area contributed by atoms with Crippen LogP contribution in [0.1, 0.15) is 28.7 Å². The van der Waals surface area contributed by atoms with Gasteiger partial charge in [-0.2, -0.15) is 4.52 Å². The van der Waals surface area contributed by atoms with Gasteiger partial charge in [0.15, 0.2) is 22.9 Å². The van der Waals surface area contributed by atoms with Gasteiger partial charge in [0, 0.05) is 31.4 Å². The van der Waals surface area contributed by atoms with Crippen molar-refractivity contribution >= 4 is 11.6 Å². The number of hydrogen-bond acceptors (Lipinski definition) is 8. The van der Waals surface area contributed by atoms with E-state index in [-0.39, 0.29) is 0 Å². The predicted molar refractivity (Wildman–Crippen MR) is 149 cm³/mol. The molecule has 39 heavy (non-hydrogen) atoms. The van der Waals surface area contributed by atoms with Crippen LogP contribution in [-0.2, 0) is 25.9 Å². The highest BCUT2D eigenvalue weighted by atomic mass is 16.5. The number of aromatic nitrogens is 4. The number of aryl methyl sites for hydroxylation is 1. The van der Waals surface area contributed by atoms with Gasteiger partial charge in [-0.05, 0) is 66.8 Å². The highest BCUT2D eigenvalue weighted by Crippen LogP contribution is 2.28. The van der Waals surface area contributed by atoms with Gasteiger partial charge in [-0.1, -0.05) is 30.3 Å². The highest BCUT2D eigenvalue weighted by Gasteiger charge is 2.18. The van der Waals surface area contributed by atoms with Crippen LogP contribution >= 0.6 is 0 Å². The first-order chi connectivity index (χ1) is 19.2. The second kappa shape index (κ2) is 11.2. The van der Waals surface area contributed by atoms with Crippen LogP contribution in [0.15, 0.2) is 71.5 Å². The van der Waals surface area contributed by atoms with Gasteiger partial charge in [-0.3, -0.25) is 4.90 Å². The highest BCUT2D eigenvalue weighted by molar-refractivity contribution is 5.58. The zero-order valence-corrected chi connectivity index (χ0v) is 22.3. The number of ether oxygens (including phenoxy) is 2. The standard InChI is InChI=1S/C30H32N6O3/c1-37-25-12-11-21(17-27(25)38-2)18-31-30-32-19-23(29-33-28(34-36(29)30)26-10-6-16-39-26)9-5-14-35-15-13-22-7-3-4-8-24(22)20-35/h3-4,6-8,10-12,16-17,19H,5,9,13-15,18,20H2,1-2H3,(H,31,32). The van der Waals surface area contributed by atoms with Crippen LogP contribution in [0.5, 0.6) is 11.5 Å². The van der Waals surface area contributed by atoms with Crippen LogP contribution in [0.25, 0.3) is 17.2 Å². The van der Waals surface area contributed by atoms with E-state index in [0.29, 0.717) is 35.6 Å². The largest absolute Gasteiger partial charge is 0.493 e. The van der Waals surface area contributed by atoms with Crippen molar-refractivity contribution in [1.82, 2.24) is 24.5 Å². The summed E-state index contributed by atoms with van der Waals surface area (Å²) in [5.74, 6) is 3.16. The maximum atomic E-state index is 5.58. The Balaban J connectivity index is 1.20. The van der Waals surface area contributed by atoms with Crippen LogP contribution in [0.4, 0.5) is 5.95 Å². The molecular formula is C30H32N6O3. The number of benzene rings is 2. The molecule has 3 aromatic heterocycles. The molecule has 0 bridgehead atoms. The lowest BCUT2D eigenvalue weighted by Crippen LogP contribution is -2.31. The van der Waals surface area contributed by atoms with E-state index in [1.807, 2.05) is 36.5 Å². The predicted octanol–water partition coefficient (Wildman–Crippen LogP) is 5.00. The van der Waals surface area contributed by atoms with Crippen molar-refractivity contribution in [3.8, 4) is 23.1 Å². The van der Waals surface area contributed by atoms with Crippen molar-refractivity contribution < 1.29 is 13.9 Å². The Labute approximate surface area is 227 Å². The molecule has 0 aliphatic carbocycles. The van der Waals surface area contributed by atoms with Crippen molar-refractivity contribution in [3.05, 3.63) is 89.3 Å². The molecule has 1 aliphatic heterocycles. The third-order valence-electron chi connectivity index (χ3n) is 7.21. The van der Waals surface area contributed by atoms with E-state index in [1.54, 1.807) is 25.0 Å². The maximum absolute atomic E-state index is 5.58. The van der Waals surface area contributed by atoms with E-state index in [1.165, 1.54) is 11.1 Å². The maximum Gasteiger partial charge on any atom is 0.226 e. The summed E-state index contributed by atoms with van der Waals surface area (Å²) in [6, 6.07) is 18.3. The van der Waals surface area contributed by atoms with E-state index in [4.69, 9.17) is 29.0 Å². The molecule has 1 N–H and O–H groups in total. The summed E-state index contributed by atoms with van der Waals surface area (Å²) in [4.78, 5) is 12.1. The number of rotatable bonds is 10.